The first-order valence-electron chi connectivity index (χ1n) is 8.92. The number of carbonyl (C=O) groups is 2. The molecule has 29 heavy (non-hydrogen) atoms. The molecule has 0 aliphatic carbocycles. The van der Waals surface area contributed by atoms with Crippen molar-refractivity contribution in [3.8, 4) is 0 Å². The molecule has 0 unspecified atom stereocenters. The summed E-state index contributed by atoms with van der Waals surface area (Å²) >= 11 is 6.44. The van der Waals surface area contributed by atoms with Crippen molar-refractivity contribution in [1.29, 1.82) is 0 Å². The predicted molar refractivity (Wildman–Crippen MR) is 111 cm³/mol. The van der Waals surface area contributed by atoms with Crippen LogP contribution in [0.4, 0.5) is 0 Å². The van der Waals surface area contributed by atoms with Gasteiger partial charge in [0, 0.05) is 17.8 Å². The van der Waals surface area contributed by atoms with Crippen molar-refractivity contribution in [2.24, 2.45) is 0 Å². The summed E-state index contributed by atoms with van der Waals surface area (Å²) in [6.45, 7) is 4.37. The molecule has 0 bridgehead atoms. The summed E-state index contributed by atoms with van der Waals surface area (Å²) in [6.07, 6.45) is 4.35. The van der Waals surface area contributed by atoms with E-state index in [4.69, 9.17) is 11.6 Å². The minimum absolute atomic E-state index is 0.202. The number of aryl methyl sites for hydroxylation is 2. The second kappa shape index (κ2) is 9.16. The lowest BCUT2D eigenvalue weighted by Gasteiger charge is -2.04. The van der Waals surface area contributed by atoms with E-state index in [1.54, 1.807) is 29.0 Å². The first kappa shape index (κ1) is 20.3. The Morgan fingerprint density at radius 1 is 1.10 bits per heavy atom. The van der Waals surface area contributed by atoms with E-state index >= 15 is 0 Å². The lowest BCUT2D eigenvalue weighted by molar-refractivity contribution is -0.117. The van der Waals surface area contributed by atoms with Gasteiger partial charge in [-0.1, -0.05) is 47.5 Å². The molecule has 0 aliphatic heterocycles. The van der Waals surface area contributed by atoms with Crippen LogP contribution in [-0.2, 0) is 11.3 Å². The van der Waals surface area contributed by atoms with Gasteiger partial charge in [0.1, 0.15) is 10.8 Å². The van der Waals surface area contributed by atoms with Gasteiger partial charge in [-0.05, 0) is 37.6 Å². The van der Waals surface area contributed by atoms with Crippen LogP contribution < -0.4 is 10.9 Å². The minimum atomic E-state index is -0.507. The number of hydrogen-bond donors (Lipinski definition) is 2. The lowest BCUT2D eigenvalue weighted by Crippen LogP contribution is -2.41. The largest absolute Gasteiger partial charge is 0.288 e. The predicted octanol–water partition coefficient (Wildman–Crippen LogP) is 3.07. The van der Waals surface area contributed by atoms with Crippen LogP contribution >= 0.6 is 11.6 Å². The van der Waals surface area contributed by atoms with Crippen LogP contribution in [0.2, 0.25) is 5.15 Å². The Bertz CT molecular complexity index is 1040. The minimum Gasteiger partial charge on any atom is -0.268 e. The highest BCUT2D eigenvalue weighted by Gasteiger charge is 2.12. The molecule has 2 N–H and O–H groups in total. The topological polar surface area (TPSA) is 88.9 Å². The van der Waals surface area contributed by atoms with Crippen molar-refractivity contribution in [3.63, 3.8) is 0 Å². The number of carbonyl (C=O) groups excluding carboxylic acids is 2. The van der Waals surface area contributed by atoms with Crippen LogP contribution in [0.25, 0.3) is 6.08 Å². The third kappa shape index (κ3) is 5.30. The van der Waals surface area contributed by atoms with Gasteiger partial charge in [0.2, 0.25) is 0 Å². The number of benzene rings is 1. The molecular formula is C21H20ClN5O2. The van der Waals surface area contributed by atoms with E-state index < -0.39 is 11.8 Å². The normalized spacial score (nSPS) is 10.9. The van der Waals surface area contributed by atoms with Crippen LogP contribution in [0.3, 0.4) is 0 Å². The molecule has 0 saturated heterocycles. The number of hydrogen-bond acceptors (Lipinski definition) is 4. The first-order chi connectivity index (χ1) is 13.9. The van der Waals surface area contributed by atoms with Crippen LogP contribution in [0.5, 0.6) is 0 Å². The molecule has 0 saturated carbocycles. The summed E-state index contributed by atoms with van der Waals surface area (Å²) in [4.78, 5) is 27.8. The summed E-state index contributed by atoms with van der Waals surface area (Å²) in [5, 5.41) is 4.88. The molecule has 0 radical (unpaired) electrons. The standard InChI is InChI=1S/C21H20ClN5O2/c1-14-6-8-16(9-7-14)13-27-20(22)17(15(2)26-27)10-11-19(28)24-25-21(29)18-5-3-4-12-23-18/h3-12H,13H2,1-2H3,(H,24,28)(H,25,29)/b11-10+. The average molecular weight is 410 g/mol. The van der Waals surface area contributed by atoms with Crippen molar-refractivity contribution in [2.45, 2.75) is 20.4 Å². The van der Waals surface area contributed by atoms with E-state index in [9.17, 15) is 9.59 Å². The first-order valence-corrected chi connectivity index (χ1v) is 9.29. The third-order valence-corrected chi connectivity index (χ3v) is 4.56. The number of nitrogens with zero attached hydrogens (tertiary/aromatic N) is 3. The second-order valence-corrected chi connectivity index (χ2v) is 6.78. The molecule has 148 valence electrons. The second-order valence-electron chi connectivity index (χ2n) is 6.42. The van der Waals surface area contributed by atoms with Crippen LogP contribution in [0.1, 0.15) is 32.9 Å². The van der Waals surface area contributed by atoms with Crippen molar-refractivity contribution >= 4 is 29.5 Å². The molecule has 0 aliphatic rings. The summed E-state index contributed by atoms with van der Waals surface area (Å²) in [5.41, 5.74) is 8.41. The summed E-state index contributed by atoms with van der Waals surface area (Å²) in [6, 6.07) is 13.0. The molecule has 2 aromatic heterocycles. The monoisotopic (exact) mass is 409 g/mol. The molecule has 0 spiro atoms. The smallest absolute Gasteiger partial charge is 0.268 e. The molecule has 1 aromatic carbocycles. The van der Waals surface area contributed by atoms with Gasteiger partial charge in [-0.15, -0.1) is 0 Å². The highest BCUT2D eigenvalue weighted by molar-refractivity contribution is 6.31. The number of nitrogens with one attached hydrogen (secondary N) is 2. The highest BCUT2D eigenvalue weighted by atomic mass is 35.5. The van der Waals surface area contributed by atoms with Crippen molar-refractivity contribution in [3.05, 3.63) is 88.0 Å². The maximum Gasteiger partial charge on any atom is 0.288 e. The molecule has 7 nitrogen and oxygen atoms in total. The SMILES string of the molecule is Cc1ccc(Cn2nc(C)c(/C=C/C(=O)NNC(=O)c3ccccn3)c2Cl)cc1. The number of amides is 2. The fraction of sp³-hybridized carbons (Fsp3) is 0.143. The Kier molecular flexibility index (Phi) is 6.41. The maximum atomic E-state index is 12.0. The van der Waals surface area contributed by atoms with E-state index in [1.807, 2.05) is 38.1 Å². The van der Waals surface area contributed by atoms with Crippen LogP contribution in [0.15, 0.2) is 54.7 Å². The molecule has 0 fully saturated rings. The Morgan fingerprint density at radius 2 is 1.86 bits per heavy atom. The maximum absolute atomic E-state index is 12.0. The molecular weight excluding hydrogens is 390 g/mol. The van der Waals surface area contributed by atoms with Crippen LogP contribution in [0, 0.1) is 13.8 Å². The van der Waals surface area contributed by atoms with Gasteiger partial charge in [0.15, 0.2) is 0 Å². The van der Waals surface area contributed by atoms with E-state index in [0.29, 0.717) is 23.0 Å². The van der Waals surface area contributed by atoms with Gasteiger partial charge < -0.3 is 0 Å². The fourth-order valence-electron chi connectivity index (χ4n) is 2.61. The van der Waals surface area contributed by atoms with Crippen molar-refractivity contribution in [2.75, 3.05) is 0 Å². The lowest BCUT2D eigenvalue weighted by atomic mass is 10.1. The van der Waals surface area contributed by atoms with Gasteiger partial charge in [-0.3, -0.25) is 25.4 Å². The van der Waals surface area contributed by atoms with Crippen molar-refractivity contribution < 1.29 is 9.59 Å². The van der Waals surface area contributed by atoms with Crippen molar-refractivity contribution in [1.82, 2.24) is 25.6 Å². The molecule has 3 aromatic rings. The Hall–Kier alpha value is -3.45. The van der Waals surface area contributed by atoms with Gasteiger partial charge in [0.05, 0.1) is 12.2 Å². The average Bonchev–Trinajstić information content (AvgIpc) is 2.99. The van der Waals surface area contributed by atoms with E-state index in [1.165, 1.54) is 17.8 Å². The highest BCUT2D eigenvalue weighted by Crippen LogP contribution is 2.22. The van der Waals surface area contributed by atoms with Gasteiger partial charge in [-0.25, -0.2) is 4.68 Å². The summed E-state index contributed by atoms with van der Waals surface area (Å²) < 4.78 is 1.68. The Morgan fingerprint density at radius 3 is 2.55 bits per heavy atom. The molecule has 2 heterocycles. The molecule has 3 rings (SSSR count). The van der Waals surface area contributed by atoms with Gasteiger partial charge >= 0.3 is 0 Å². The number of aromatic nitrogens is 3. The third-order valence-electron chi connectivity index (χ3n) is 4.16. The molecule has 2 amide bonds. The number of pyridine rings is 1. The number of rotatable bonds is 5. The van der Waals surface area contributed by atoms with Gasteiger partial charge in [0.25, 0.3) is 11.8 Å². The number of halogens is 1. The zero-order chi connectivity index (χ0) is 20.8. The quantitative estimate of drug-likeness (QED) is 0.500. The van der Waals surface area contributed by atoms with Gasteiger partial charge in [-0.2, -0.15) is 5.10 Å². The number of hydrazine groups is 1. The summed E-state index contributed by atoms with van der Waals surface area (Å²) in [7, 11) is 0. The van der Waals surface area contributed by atoms with E-state index in [0.717, 1.165) is 5.56 Å². The van der Waals surface area contributed by atoms with Crippen LogP contribution in [-0.4, -0.2) is 26.6 Å². The zero-order valence-electron chi connectivity index (χ0n) is 16.0. The fourth-order valence-corrected chi connectivity index (χ4v) is 2.91. The Labute approximate surface area is 173 Å². The Balaban J connectivity index is 1.62. The van der Waals surface area contributed by atoms with E-state index in [2.05, 4.69) is 20.9 Å². The molecule has 0 atom stereocenters. The summed E-state index contributed by atoms with van der Waals surface area (Å²) in [5.74, 6) is -1.01. The van der Waals surface area contributed by atoms with E-state index in [-0.39, 0.29) is 5.69 Å². The molecule has 8 heteroatoms. The zero-order valence-corrected chi connectivity index (χ0v) is 16.8.